The molecule has 1 aliphatic rings. The van der Waals surface area contributed by atoms with Gasteiger partial charge in [0, 0.05) is 41.5 Å². The van der Waals surface area contributed by atoms with E-state index in [4.69, 9.17) is 4.74 Å². The van der Waals surface area contributed by atoms with E-state index in [-0.39, 0.29) is 4.75 Å². The van der Waals surface area contributed by atoms with Gasteiger partial charge in [0.15, 0.2) is 5.96 Å². The summed E-state index contributed by atoms with van der Waals surface area (Å²) in [5.41, 5.74) is 1.01. The molecule has 1 saturated carbocycles. The van der Waals surface area contributed by atoms with Crippen molar-refractivity contribution in [1.82, 2.24) is 15.6 Å². The lowest BCUT2D eigenvalue weighted by Gasteiger charge is -2.18. The second-order valence-corrected chi connectivity index (χ2v) is 7.59. The van der Waals surface area contributed by atoms with E-state index in [0.717, 1.165) is 18.1 Å². The van der Waals surface area contributed by atoms with Crippen LogP contribution in [0.2, 0.25) is 0 Å². The third-order valence-electron chi connectivity index (χ3n) is 4.18. The van der Waals surface area contributed by atoms with Crippen LogP contribution in [0.5, 0.6) is 5.88 Å². The molecule has 132 valence electrons. The van der Waals surface area contributed by atoms with Gasteiger partial charge in [-0.15, -0.1) is 11.8 Å². The maximum atomic E-state index is 5.29. The van der Waals surface area contributed by atoms with Gasteiger partial charge in [-0.2, -0.15) is 0 Å². The van der Waals surface area contributed by atoms with Crippen molar-refractivity contribution in [1.29, 1.82) is 0 Å². The summed E-state index contributed by atoms with van der Waals surface area (Å²) in [5.74, 6) is 1.44. The Bertz CT molecular complexity index is 716. The van der Waals surface area contributed by atoms with E-state index in [1.165, 1.54) is 17.7 Å². The zero-order valence-corrected chi connectivity index (χ0v) is 15.5. The van der Waals surface area contributed by atoms with Gasteiger partial charge in [-0.1, -0.05) is 24.3 Å². The van der Waals surface area contributed by atoms with Gasteiger partial charge in [0.1, 0.15) is 0 Å². The maximum absolute atomic E-state index is 5.29. The molecule has 1 aliphatic carbocycles. The van der Waals surface area contributed by atoms with Gasteiger partial charge in [0.05, 0.1) is 7.11 Å². The highest BCUT2D eigenvalue weighted by Gasteiger charge is 2.43. The Balaban J connectivity index is 1.51. The monoisotopic (exact) mass is 356 g/mol. The van der Waals surface area contributed by atoms with Crippen molar-refractivity contribution >= 4 is 17.7 Å². The number of pyridine rings is 1. The number of thioether (sulfide) groups is 1. The molecule has 0 aliphatic heterocycles. The summed E-state index contributed by atoms with van der Waals surface area (Å²) in [6.45, 7) is 1.52. The van der Waals surface area contributed by atoms with Crippen LogP contribution in [-0.4, -0.2) is 36.4 Å². The van der Waals surface area contributed by atoms with Crippen LogP contribution in [-0.2, 0) is 6.54 Å². The number of aliphatic imine (C=N–C) groups is 1. The molecule has 2 N–H and O–H groups in total. The molecule has 3 rings (SSSR count). The lowest BCUT2D eigenvalue weighted by molar-refractivity contribution is 0.392. The second kappa shape index (κ2) is 8.25. The number of aromatic nitrogens is 1. The highest BCUT2D eigenvalue weighted by molar-refractivity contribution is 8.01. The largest absolute Gasteiger partial charge is 0.481 e. The minimum Gasteiger partial charge on any atom is -0.481 e. The maximum Gasteiger partial charge on any atom is 0.218 e. The van der Waals surface area contributed by atoms with Gasteiger partial charge in [-0.05, 0) is 31.0 Å². The average molecular weight is 356 g/mol. The van der Waals surface area contributed by atoms with Crippen LogP contribution in [0.3, 0.4) is 0 Å². The molecule has 2 aromatic rings. The highest BCUT2D eigenvalue weighted by Crippen LogP contribution is 2.51. The summed E-state index contributed by atoms with van der Waals surface area (Å²) in [5, 5.41) is 6.79. The van der Waals surface area contributed by atoms with Crippen LogP contribution >= 0.6 is 11.8 Å². The van der Waals surface area contributed by atoms with E-state index in [9.17, 15) is 0 Å². The van der Waals surface area contributed by atoms with Gasteiger partial charge in [-0.3, -0.25) is 4.99 Å². The van der Waals surface area contributed by atoms with Crippen LogP contribution in [0, 0.1) is 0 Å². The van der Waals surface area contributed by atoms with Gasteiger partial charge in [0.25, 0.3) is 0 Å². The van der Waals surface area contributed by atoms with Crippen LogP contribution in [0.1, 0.15) is 18.4 Å². The molecule has 1 fully saturated rings. The topological polar surface area (TPSA) is 58.5 Å². The summed E-state index contributed by atoms with van der Waals surface area (Å²) in [6.07, 6.45) is 4.19. The van der Waals surface area contributed by atoms with Crippen LogP contribution in [0.15, 0.2) is 58.5 Å². The Morgan fingerprint density at radius 2 is 2.00 bits per heavy atom. The first kappa shape index (κ1) is 17.6. The molecule has 1 aromatic carbocycles. The summed E-state index contributed by atoms with van der Waals surface area (Å²) >= 11 is 1.95. The molecular weight excluding hydrogens is 332 g/mol. The zero-order valence-electron chi connectivity index (χ0n) is 14.7. The predicted octanol–water partition coefficient (Wildman–Crippen LogP) is 3.08. The number of rotatable bonds is 7. The van der Waals surface area contributed by atoms with Gasteiger partial charge < -0.3 is 15.4 Å². The van der Waals surface area contributed by atoms with E-state index in [1.807, 2.05) is 23.9 Å². The third-order valence-corrected chi connectivity index (χ3v) is 5.67. The summed E-state index contributed by atoms with van der Waals surface area (Å²) < 4.78 is 5.57. The smallest absolute Gasteiger partial charge is 0.218 e. The summed E-state index contributed by atoms with van der Waals surface area (Å²) in [4.78, 5) is 9.86. The number of hydrogen-bond acceptors (Lipinski definition) is 4. The van der Waals surface area contributed by atoms with Gasteiger partial charge in [0.2, 0.25) is 5.88 Å². The number of hydrogen-bond donors (Lipinski definition) is 2. The molecule has 0 spiro atoms. The standard InChI is InChI=1S/C19H24N4OS/c1-20-18(22-13-15-7-6-12-21-17(15)24-2)23-14-19(10-11-19)25-16-8-4-3-5-9-16/h3-9,12H,10-11,13-14H2,1-2H3,(H2,20,22,23). The zero-order chi connectivity index (χ0) is 17.5. The van der Waals surface area contributed by atoms with E-state index in [0.29, 0.717) is 12.4 Å². The van der Waals surface area contributed by atoms with Crippen molar-refractivity contribution in [3.63, 3.8) is 0 Å². The molecule has 6 heteroatoms. The SMILES string of the molecule is CN=C(NCc1cccnc1OC)NCC1(Sc2ccccc2)CC1. The fourth-order valence-electron chi connectivity index (χ4n) is 2.58. The highest BCUT2D eigenvalue weighted by atomic mass is 32.2. The molecule has 0 atom stereocenters. The predicted molar refractivity (Wildman–Crippen MR) is 103 cm³/mol. The number of nitrogens with one attached hydrogen (secondary N) is 2. The number of nitrogens with zero attached hydrogens (tertiary/aromatic N) is 2. The van der Waals surface area contributed by atoms with Crippen molar-refractivity contribution in [3.8, 4) is 5.88 Å². The lowest BCUT2D eigenvalue weighted by atomic mass is 10.2. The van der Waals surface area contributed by atoms with Crippen molar-refractivity contribution in [2.24, 2.45) is 4.99 Å². The minimum absolute atomic E-state index is 0.283. The molecule has 0 unspecified atom stereocenters. The van der Waals surface area contributed by atoms with Crippen molar-refractivity contribution in [3.05, 3.63) is 54.2 Å². The number of ether oxygens (including phenoxy) is 1. The molecular formula is C19H24N4OS. The van der Waals surface area contributed by atoms with Gasteiger partial charge >= 0.3 is 0 Å². The minimum atomic E-state index is 0.283. The van der Waals surface area contributed by atoms with Crippen LogP contribution in [0.4, 0.5) is 0 Å². The van der Waals surface area contributed by atoms with Crippen molar-refractivity contribution < 1.29 is 4.74 Å². The van der Waals surface area contributed by atoms with E-state index >= 15 is 0 Å². The van der Waals surface area contributed by atoms with Crippen LogP contribution in [0.25, 0.3) is 0 Å². The molecule has 0 bridgehead atoms. The fraction of sp³-hybridized carbons (Fsp3) is 0.368. The molecule has 5 nitrogen and oxygen atoms in total. The Morgan fingerprint density at radius 3 is 2.68 bits per heavy atom. The van der Waals surface area contributed by atoms with Crippen molar-refractivity contribution in [2.75, 3.05) is 20.7 Å². The number of benzene rings is 1. The lowest BCUT2D eigenvalue weighted by Crippen LogP contribution is -2.40. The second-order valence-electron chi connectivity index (χ2n) is 6.05. The molecule has 0 amide bonds. The third kappa shape index (κ3) is 4.89. The number of guanidine groups is 1. The normalized spacial score (nSPS) is 15.5. The first-order valence-corrected chi connectivity index (χ1v) is 9.23. The Kier molecular flexibility index (Phi) is 5.81. The molecule has 1 aromatic heterocycles. The molecule has 1 heterocycles. The molecule has 0 radical (unpaired) electrons. The Morgan fingerprint density at radius 1 is 1.20 bits per heavy atom. The summed E-state index contributed by atoms with van der Waals surface area (Å²) in [6, 6.07) is 14.5. The fourth-order valence-corrected chi connectivity index (χ4v) is 3.82. The first-order chi connectivity index (χ1) is 12.2. The number of methoxy groups -OCH3 is 1. The Labute approximate surface area is 153 Å². The van der Waals surface area contributed by atoms with Crippen molar-refractivity contribution in [2.45, 2.75) is 29.0 Å². The quantitative estimate of drug-likeness (QED) is 0.590. The molecule has 25 heavy (non-hydrogen) atoms. The van der Waals surface area contributed by atoms with Gasteiger partial charge in [-0.25, -0.2) is 4.98 Å². The summed E-state index contributed by atoms with van der Waals surface area (Å²) in [7, 11) is 3.43. The van der Waals surface area contributed by atoms with E-state index < -0.39 is 0 Å². The first-order valence-electron chi connectivity index (χ1n) is 8.41. The van der Waals surface area contributed by atoms with E-state index in [2.05, 4.69) is 50.9 Å². The Hall–Kier alpha value is -2.21. The average Bonchev–Trinajstić information content (AvgIpc) is 3.42. The molecule has 0 saturated heterocycles. The van der Waals surface area contributed by atoms with E-state index in [1.54, 1.807) is 20.4 Å². The van der Waals surface area contributed by atoms with Crippen LogP contribution < -0.4 is 15.4 Å².